The second-order valence-corrected chi connectivity index (χ2v) is 9.74. The number of rotatable bonds is 7. The predicted octanol–water partition coefficient (Wildman–Crippen LogP) is 1.71. The maximum absolute atomic E-state index is 13.2. The van der Waals surface area contributed by atoms with Crippen LogP contribution in [-0.2, 0) is 19.6 Å². The van der Waals surface area contributed by atoms with Crippen molar-refractivity contribution < 1.29 is 23.1 Å². The van der Waals surface area contributed by atoms with Gasteiger partial charge in [0.25, 0.3) is 0 Å². The monoisotopic (exact) mass is 440 g/mol. The number of nitrogens with zero attached hydrogens (tertiary/aromatic N) is 3. The van der Waals surface area contributed by atoms with Gasteiger partial charge in [0.1, 0.15) is 22.0 Å². The van der Waals surface area contributed by atoms with Crippen LogP contribution in [0.4, 0.5) is 0 Å². The average molecular weight is 441 g/mol. The Morgan fingerprint density at radius 2 is 2.14 bits per heavy atom. The summed E-state index contributed by atoms with van der Waals surface area (Å²) in [6, 6.07) is 3.82. The van der Waals surface area contributed by atoms with Crippen molar-refractivity contribution in [2.45, 2.75) is 44.0 Å². The van der Waals surface area contributed by atoms with Crippen LogP contribution >= 0.6 is 11.7 Å². The normalized spacial score (nSPS) is 20.3. The smallest absolute Gasteiger partial charge is 0.326 e. The van der Waals surface area contributed by atoms with Crippen LogP contribution in [0, 0.1) is 11.8 Å². The first kappa shape index (κ1) is 21.6. The summed E-state index contributed by atoms with van der Waals surface area (Å²) in [5.74, 6) is -2.34. The number of carboxylic acid groups (broad SMARTS) is 1. The van der Waals surface area contributed by atoms with Crippen molar-refractivity contribution in [1.82, 2.24) is 18.4 Å². The van der Waals surface area contributed by atoms with Crippen molar-refractivity contribution in [3.8, 4) is 0 Å². The summed E-state index contributed by atoms with van der Waals surface area (Å²) in [5, 5.41) is 12.0. The van der Waals surface area contributed by atoms with E-state index in [-0.39, 0.29) is 17.4 Å². The molecule has 1 aliphatic heterocycles. The van der Waals surface area contributed by atoms with Crippen molar-refractivity contribution in [1.29, 1.82) is 0 Å². The standard InChI is InChI=1S/C18H24N4O5S2/c1-3-11(2)15(18(24)25)19-17(23)12-6-5-9-22(10-12)29(26,27)14-8-4-7-13-16(14)21-28-20-13/h4,7-8,11-12,15H,3,5-6,9-10H2,1-2H3,(H,19,23)(H,24,25)/t11?,12?,15-/m0/s1. The van der Waals surface area contributed by atoms with Gasteiger partial charge in [-0.25, -0.2) is 13.2 Å². The molecular formula is C18H24N4O5S2. The Balaban J connectivity index is 1.79. The molecule has 2 N–H and O–H groups in total. The Bertz CT molecular complexity index is 1010. The lowest BCUT2D eigenvalue weighted by Gasteiger charge is -2.32. The van der Waals surface area contributed by atoms with Crippen LogP contribution < -0.4 is 5.32 Å². The Morgan fingerprint density at radius 1 is 1.38 bits per heavy atom. The minimum atomic E-state index is -3.85. The van der Waals surface area contributed by atoms with Gasteiger partial charge in [0.05, 0.1) is 17.6 Å². The number of aromatic nitrogens is 2. The molecule has 1 amide bonds. The highest BCUT2D eigenvalue weighted by molar-refractivity contribution is 7.89. The second-order valence-electron chi connectivity index (χ2n) is 7.30. The molecule has 2 heterocycles. The van der Waals surface area contributed by atoms with Gasteiger partial charge in [-0.3, -0.25) is 4.79 Å². The van der Waals surface area contributed by atoms with Gasteiger partial charge in [-0.2, -0.15) is 13.1 Å². The van der Waals surface area contributed by atoms with Gasteiger partial charge in [0.15, 0.2) is 0 Å². The van der Waals surface area contributed by atoms with Crippen molar-refractivity contribution in [2.75, 3.05) is 13.1 Å². The lowest BCUT2D eigenvalue weighted by molar-refractivity contribution is -0.144. The van der Waals surface area contributed by atoms with Crippen molar-refractivity contribution in [3.05, 3.63) is 18.2 Å². The van der Waals surface area contributed by atoms with Gasteiger partial charge in [-0.1, -0.05) is 26.3 Å². The minimum Gasteiger partial charge on any atom is -0.480 e. The number of hydrogen-bond acceptors (Lipinski definition) is 7. The molecule has 11 heteroatoms. The molecule has 29 heavy (non-hydrogen) atoms. The van der Waals surface area contributed by atoms with E-state index in [9.17, 15) is 23.1 Å². The van der Waals surface area contributed by atoms with Crippen LogP contribution in [0.2, 0.25) is 0 Å². The third-order valence-corrected chi connectivity index (χ3v) is 7.84. The summed E-state index contributed by atoms with van der Waals surface area (Å²) < 4.78 is 35.8. The van der Waals surface area contributed by atoms with E-state index < -0.39 is 33.9 Å². The molecule has 3 rings (SSSR count). The number of hydrogen-bond donors (Lipinski definition) is 2. The molecule has 1 saturated heterocycles. The molecule has 1 fully saturated rings. The fourth-order valence-corrected chi connectivity index (χ4v) is 5.73. The average Bonchev–Trinajstić information content (AvgIpc) is 3.19. The zero-order valence-corrected chi connectivity index (χ0v) is 17.9. The van der Waals surface area contributed by atoms with Crippen molar-refractivity contribution >= 4 is 44.7 Å². The number of carbonyl (C=O) groups excluding carboxylic acids is 1. The number of nitrogens with one attached hydrogen (secondary N) is 1. The van der Waals surface area contributed by atoms with E-state index in [1.54, 1.807) is 19.1 Å². The maximum Gasteiger partial charge on any atom is 0.326 e. The number of carbonyl (C=O) groups is 2. The Labute approximate surface area is 173 Å². The molecule has 0 bridgehead atoms. The summed E-state index contributed by atoms with van der Waals surface area (Å²) in [6.45, 7) is 3.93. The Hall–Kier alpha value is -2.11. The molecule has 0 aliphatic carbocycles. The molecule has 158 valence electrons. The van der Waals surface area contributed by atoms with E-state index in [2.05, 4.69) is 14.1 Å². The van der Waals surface area contributed by atoms with E-state index >= 15 is 0 Å². The molecule has 3 atom stereocenters. The van der Waals surface area contributed by atoms with Crippen LogP contribution in [0.1, 0.15) is 33.1 Å². The fourth-order valence-electron chi connectivity index (χ4n) is 3.46. The van der Waals surface area contributed by atoms with Crippen LogP contribution in [0.15, 0.2) is 23.1 Å². The second kappa shape index (κ2) is 8.72. The first-order valence-corrected chi connectivity index (χ1v) is 11.7. The first-order valence-electron chi connectivity index (χ1n) is 9.50. The molecule has 1 aromatic heterocycles. The molecule has 0 spiro atoms. The van der Waals surface area contributed by atoms with Crippen LogP contribution in [0.5, 0.6) is 0 Å². The quantitative estimate of drug-likeness (QED) is 0.670. The molecule has 1 aromatic carbocycles. The van der Waals surface area contributed by atoms with E-state index in [0.29, 0.717) is 36.8 Å². The maximum atomic E-state index is 13.2. The Kier molecular flexibility index (Phi) is 6.49. The minimum absolute atomic E-state index is 0.00889. The lowest BCUT2D eigenvalue weighted by Crippen LogP contribution is -2.51. The third kappa shape index (κ3) is 4.41. The summed E-state index contributed by atoms with van der Waals surface area (Å²) >= 11 is 0.947. The highest BCUT2D eigenvalue weighted by Gasteiger charge is 2.36. The Morgan fingerprint density at radius 3 is 2.83 bits per heavy atom. The number of carboxylic acids is 1. The van der Waals surface area contributed by atoms with Crippen LogP contribution in [-0.4, -0.2) is 57.6 Å². The van der Waals surface area contributed by atoms with Gasteiger partial charge in [-0.15, -0.1) is 0 Å². The van der Waals surface area contributed by atoms with Crippen LogP contribution in [0.3, 0.4) is 0 Å². The van der Waals surface area contributed by atoms with E-state index in [0.717, 1.165) is 11.7 Å². The van der Waals surface area contributed by atoms with Gasteiger partial charge in [0, 0.05) is 13.1 Å². The molecule has 9 nitrogen and oxygen atoms in total. The zero-order valence-electron chi connectivity index (χ0n) is 16.2. The molecule has 2 unspecified atom stereocenters. The summed E-state index contributed by atoms with van der Waals surface area (Å²) in [7, 11) is -3.85. The number of benzene rings is 1. The molecule has 2 aromatic rings. The summed E-state index contributed by atoms with van der Waals surface area (Å²) in [6.07, 6.45) is 1.63. The first-order chi connectivity index (χ1) is 13.8. The lowest BCUT2D eigenvalue weighted by atomic mass is 9.95. The number of fused-ring (bicyclic) bond motifs is 1. The third-order valence-electron chi connectivity index (χ3n) is 5.40. The molecule has 1 aliphatic rings. The SMILES string of the molecule is CCC(C)[C@H](NC(=O)C1CCCN(S(=O)(=O)c2cccc3nsnc23)C1)C(=O)O. The van der Waals surface area contributed by atoms with E-state index in [1.807, 2.05) is 6.92 Å². The number of amides is 1. The summed E-state index contributed by atoms with van der Waals surface area (Å²) in [4.78, 5) is 24.3. The van der Waals surface area contributed by atoms with Gasteiger partial charge in [0.2, 0.25) is 15.9 Å². The van der Waals surface area contributed by atoms with Crippen molar-refractivity contribution in [2.24, 2.45) is 11.8 Å². The largest absolute Gasteiger partial charge is 0.480 e. The zero-order chi connectivity index (χ0) is 21.2. The van der Waals surface area contributed by atoms with Gasteiger partial charge in [-0.05, 0) is 30.9 Å². The summed E-state index contributed by atoms with van der Waals surface area (Å²) in [5.41, 5.74) is 0.840. The van der Waals surface area contributed by atoms with Gasteiger partial charge >= 0.3 is 5.97 Å². The predicted molar refractivity (Wildman–Crippen MR) is 108 cm³/mol. The topological polar surface area (TPSA) is 130 Å². The molecular weight excluding hydrogens is 416 g/mol. The fraction of sp³-hybridized carbons (Fsp3) is 0.556. The highest BCUT2D eigenvalue weighted by atomic mass is 32.2. The van der Waals surface area contributed by atoms with Gasteiger partial charge < -0.3 is 10.4 Å². The number of sulfonamides is 1. The van der Waals surface area contributed by atoms with Crippen molar-refractivity contribution in [3.63, 3.8) is 0 Å². The van der Waals surface area contributed by atoms with Crippen LogP contribution in [0.25, 0.3) is 11.0 Å². The number of aliphatic carboxylic acids is 1. The van der Waals surface area contributed by atoms with E-state index in [1.165, 1.54) is 10.4 Å². The molecule has 0 radical (unpaired) electrons. The highest BCUT2D eigenvalue weighted by Crippen LogP contribution is 2.28. The van der Waals surface area contributed by atoms with E-state index in [4.69, 9.17) is 0 Å². The number of piperidine rings is 1. The molecule has 0 saturated carbocycles.